The van der Waals surface area contributed by atoms with Crippen molar-refractivity contribution in [3.8, 4) is 5.75 Å². The molecule has 0 saturated heterocycles. The zero-order chi connectivity index (χ0) is 20.2. The smallest absolute Gasteiger partial charge is 0.410 e. The number of unbranched alkanes of at least 4 members (excludes halogenated alkanes) is 2. The van der Waals surface area contributed by atoms with Crippen molar-refractivity contribution in [3.63, 3.8) is 0 Å². The van der Waals surface area contributed by atoms with Gasteiger partial charge in [-0.2, -0.15) is 0 Å². The quantitative estimate of drug-likeness (QED) is 0.347. The fraction of sp³-hybridized carbons (Fsp3) is 0.600. The monoisotopic (exact) mass is 380 g/mol. The van der Waals surface area contributed by atoms with Crippen molar-refractivity contribution in [1.82, 2.24) is 5.32 Å². The Balaban J connectivity index is 2.29. The summed E-state index contributed by atoms with van der Waals surface area (Å²) < 4.78 is 15.9. The minimum atomic E-state index is -0.946. The number of hydrogen-bond donors (Lipinski definition) is 2. The van der Waals surface area contributed by atoms with Crippen LogP contribution in [0.25, 0.3) is 0 Å². The van der Waals surface area contributed by atoms with Crippen LogP contribution in [-0.2, 0) is 14.3 Å². The number of alkyl carbamates (subject to hydrolysis) is 1. The maximum absolute atomic E-state index is 11.9. The highest BCUT2D eigenvalue weighted by Crippen LogP contribution is 2.22. The first-order valence-corrected chi connectivity index (χ1v) is 9.39. The van der Waals surface area contributed by atoms with Crippen molar-refractivity contribution in [3.05, 3.63) is 29.3 Å². The molecule has 0 radical (unpaired) electrons. The third kappa shape index (κ3) is 9.28. The van der Waals surface area contributed by atoms with Gasteiger partial charge in [0.2, 0.25) is 6.29 Å². The molecule has 0 heterocycles. The Labute approximate surface area is 161 Å². The molecule has 1 aromatic rings. The summed E-state index contributed by atoms with van der Waals surface area (Å²) in [6.07, 6.45) is 1.15. The van der Waals surface area contributed by atoms with Crippen LogP contribution in [0.1, 0.15) is 50.7 Å². The van der Waals surface area contributed by atoms with E-state index in [1.54, 1.807) is 0 Å². The first-order valence-electron chi connectivity index (χ1n) is 9.39. The molecule has 0 aliphatic rings. The summed E-state index contributed by atoms with van der Waals surface area (Å²) in [6, 6.07) is 5.65. The van der Waals surface area contributed by atoms with Gasteiger partial charge in [-0.05, 0) is 51.3 Å². The number of esters is 1. The van der Waals surface area contributed by atoms with Gasteiger partial charge < -0.3 is 25.3 Å². The maximum atomic E-state index is 11.9. The minimum Gasteiger partial charge on any atom is -0.491 e. The van der Waals surface area contributed by atoms with Crippen LogP contribution < -0.4 is 15.8 Å². The molecule has 1 rings (SSSR count). The molecule has 0 aliphatic carbocycles. The average Bonchev–Trinajstić information content (AvgIpc) is 2.58. The minimum absolute atomic E-state index is 0.268. The number of rotatable bonds is 11. The summed E-state index contributed by atoms with van der Waals surface area (Å²) >= 11 is 0. The van der Waals surface area contributed by atoms with E-state index in [1.807, 2.05) is 39.0 Å². The molecule has 7 heteroatoms. The molecule has 1 amide bonds. The summed E-state index contributed by atoms with van der Waals surface area (Å²) in [4.78, 5) is 23.6. The van der Waals surface area contributed by atoms with Crippen LogP contribution in [-0.4, -0.2) is 37.5 Å². The topological polar surface area (TPSA) is 99.9 Å². The molecule has 7 nitrogen and oxygen atoms in total. The molecule has 0 spiro atoms. The third-order valence-electron chi connectivity index (χ3n) is 3.91. The molecule has 0 aromatic heterocycles. The van der Waals surface area contributed by atoms with Gasteiger partial charge in [-0.15, -0.1) is 0 Å². The number of benzene rings is 1. The molecule has 0 fully saturated rings. The van der Waals surface area contributed by atoms with Gasteiger partial charge in [-0.3, -0.25) is 4.79 Å². The Kier molecular flexibility index (Phi) is 10.3. The SMILES string of the molecule is Cc1cccc(C)c1OCC(C)NC(=O)OC(C)OC(=O)CCCCCN. The number of amides is 1. The molecule has 3 N–H and O–H groups in total. The van der Waals surface area contributed by atoms with Crippen LogP contribution in [0.5, 0.6) is 5.75 Å². The number of nitrogens with two attached hydrogens (primary N) is 1. The number of aryl methyl sites for hydroxylation is 2. The average molecular weight is 380 g/mol. The van der Waals surface area contributed by atoms with E-state index in [0.717, 1.165) is 29.7 Å². The molecule has 0 bridgehead atoms. The molecule has 1 aromatic carbocycles. The van der Waals surface area contributed by atoms with Gasteiger partial charge in [0, 0.05) is 13.3 Å². The predicted molar refractivity (Wildman–Crippen MR) is 104 cm³/mol. The van der Waals surface area contributed by atoms with Gasteiger partial charge in [0.15, 0.2) is 0 Å². The van der Waals surface area contributed by atoms with Gasteiger partial charge in [0.1, 0.15) is 12.4 Å². The lowest BCUT2D eigenvalue weighted by Gasteiger charge is -2.19. The zero-order valence-corrected chi connectivity index (χ0v) is 16.7. The van der Waals surface area contributed by atoms with Crippen molar-refractivity contribution in [2.75, 3.05) is 13.2 Å². The number of ether oxygens (including phenoxy) is 3. The Morgan fingerprint density at radius 2 is 1.74 bits per heavy atom. The zero-order valence-electron chi connectivity index (χ0n) is 16.7. The van der Waals surface area contributed by atoms with Crippen molar-refractivity contribution >= 4 is 12.1 Å². The number of carbonyl (C=O) groups excluding carboxylic acids is 2. The fourth-order valence-electron chi connectivity index (χ4n) is 2.52. The van der Waals surface area contributed by atoms with Gasteiger partial charge in [-0.25, -0.2) is 4.79 Å². The Morgan fingerprint density at radius 1 is 1.07 bits per heavy atom. The Hall–Kier alpha value is -2.28. The molecule has 2 unspecified atom stereocenters. The lowest BCUT2D eigenvalue weighted by Crippen LogP contribution is -2.39. The second-order valence-corrected chi connectivity index (χ2v) is 6.64. The van der Waals surface area contributed by atoms with Crippen molar-refractivity contribution in [2.45, 2.75) is 65.7 Å². The lowest BCUT2D eigenvalue weighted by atomic mass is 10.1. The van der Waals surface area contributed by atoms with E-state index in [0.29, 0.717) is 19.6 Å². The standard InChI is InChI=1S/C20H32N2O5/c1-14-9-8-10-15(2)19(14)25-13-16(3)22-20(24)27-17(4)26-18(23)11-6-5-7-12-21/h8-10,16-17H,5-7,11-13,21H2,1-4H3,(H,22,24). The highest BCUT2D eigenvalue weighted by Gasteiger charge is 2.16. The van der Waals surface area contributed by atoms with Crippen molar-refractivity contribution < 1.29 is 23.8 Å². The molecule has 152 valence electrons. The highest BCUT2D eigenvalue weighted by molar-refractivity contribution is 5.70. The van der Waals surface area contributed by atoms with E-state index < -0.39 is 18.4 Å². The predicted octanol–water partition coefficient (Wildman–Crippen LogP) is 3.21. The normalized spacial score (nSPS) is 12.8. The first kappa shape index (κ1) is 22.8. The second kappa shape index (κ2) is 12.2. The van der Waals surface area contributed by atoms with Crippen LogP contribution in [0.4, 0.5) is 4.79 Å². The number of para-hydroxylation sites is 1. The van der Waals surface area contributed by atoms with Crippen molar-refractivity contribution in [2.24, 2.45) is 5.73 Å². The molecular weight excluding hydrogens is 348 g/mol. The maximum Gasteiger partial charge on any atom is 0.410 e. The summed E-state index contributed by atoms with van der Waals surface area (Å²) in [5, 5.41) is 2.66. The van der Waals surface area contributed by atoms with E-state index in [9.17, 15) is 9.59 Å². The third-order valence-corrected chi connectivity index (χ3v) is 3.91. The van der Waals surface area contributed by atoms with E-state index >= 15 is 0 Å². The van der Waals surface area contributed by atoms with Crippen LogP contribution in [0, 0.1) is 13.8 Å². The second-order valence-electron chi connectivity index (χ2n) is 6.64. The van der Waals surface area contributed by atoms with Crippen LogP contribution in [0.3, 0.4) is 0 Å². The molecule has 0 saturated carbocycles. The van der Waals surface area contributed by atoms with Gasteiger partial charge in [0.25, 0.3) is 0 Å². The van der Waals surface area contributed by atoms with Crippen LogP contribution >= 0.6 is 0 Å². The summed E-state index contributed by atoms with van der Waals surface area (Å²) in [7, 11) is 0. The first-order chi connectivity index (χ1) is 12.8. The fourth-order valence-corrected chi connectivity index (χ4v) is 2.52. The Morgan fingerprint density at radius 3 is 2.37 bits per heavy atom. The van der Waals surface area contributed by atoms with Crippen LogP contribution in [0.15, 0.2) is 18.2 Å². The van der Waals surface area contributed by atoms with E-state index in [4.69, 9.17) is 19.9 Å². The lowest BCUT2D eigenvalue weighted by molar-refractivity contribution is -0.165. The molecular formula is C20H32N2O5. The summed E-state index contributed by atoms with van der Waals surface area (Å²) in [6.45, 7) is 8.18. The van der Waals surface area contributed by atoms with Gasteiger partial charge in [0.05, 0.1) is 6.04 Å². The number of carbonyl (C=O) groups is 2. The van der Waals surface area contributed by atoms with Gasteiger partial charge in [-0.1, -0.05) is 24.6 Å². The summed E-state index contributed by atoms with van der Waals surface area (Å²) in [5.74, 6) is 0.426. The van der Waals surface area contributed by atoms with E-state index in [-0.39, 0.29) is 12.5 Å². The summed E-state index contributed by atoms with van der Waals surface area (Å²) in [5.41, 5.74) is 7.48. The highest BCUT2D eigenvalue weighted by atomic mass is 16.7. The van der Waals surface area contributed by atoms with Crippen molar-refractivity contribution in [1.29, 1.82) is 0 Å². The molecule has 27 heavy (non-hydrogen) atoms. The number of nitrogens with one attached hydrogen (secondary N) is 1. The van der Waals surface area contributed by atoms with E-state index in [1.165, 1.54) is 6.92 Å². The molecule has 0 aliphatic heterocycles. The van der Waals surface area contributed by atoms with E-state index in [2.05, 4.69) is 5.32 Å². The Bertz CT molecular complexity index is 586. The van der Waals surface area contributed by atoms with Gasteiger partial charge >= 0.3 is 12.1 Å². The molecule has 2 atom stereocenters. The largest absolute Gasteiger partial charge is 0.491 e. The number of hydrogen-bond acceptors (Lipinski definition) is 6. The van der Waals surface area contributed by atoms with Crippen LogP contribution in [0.2, 0.25) is 0 Å².